The van der Waals surface area contributed by atoms with Crippen LogP contribution in [0.15, 0.2) is 0 Å². The highest BCUT2D eigenvalue weighted by Crippen LogP contribution is 1.86. The highest BCUT2D eigenvalue weighted by Gasteiger charge is 2.02. The van der Waals surface area contributed by atoms with Gasteiger partial charge >= 0.3 is 0 Å². The van der Waals surface area contributed by atoms with Crippen molar-refractivity contribution in [2.24, 2.45) is 0 Å². The number of rotatable bonds is 17. The van der Waals surface area contributed by atoms with Gasteiger partial charge in [-0.2, -0.15) is 12.6 Å². The minimum Gasteiger partial charge on any atom is -0.382 e. The van der Waals surface area contributed by atoms with Gasteiger partial charge in [-0.15, -0.1) is 0 Å². The van der Waals surface area contributed by atoms with E-state index in [1.165, 1.54) is 0 Å². The number of thiol groups is 1. The molecule has 0 spiro atoms. The van der Waals surface area contributed by atoms with Crippen molar-refractivity contribution >= 4 is 24.4 Å². The smallest absolute Gasteiger partial charge is 0.222 e. The molecule has 2 N–H and O–H groups in total. The molecule has 2 amide bonds. The molecule has 0 saturated heterocycles. The van der Waals surface area contributed by atoms with Crippen molar-refractivity contribution in [3.63, 3.8) is 0 Å². The van der Waals surface area contributed by atoms with E-state index in [0.29, 0.717) is 71.5 Å². The molecule has 0 bridgehead atoms. The van der Waals surface area contributed by atoms with Gasteiger partial charge in [0.25, 0.3) is 0 Å². The van der Waals surface area contributed by atoms with Gasteiger partial charge in [0.15, 0.2) is 0 Å². The molecule has 0 aliphatic heterocycles. The average molecular weight is 366 g/mol. The van der Waals surface area contributed by atoms with Crippen LogP contribution in [-0.2, 0) is 28.5 Å². The van der Waals surface area contributed by atoms with E-state index < -0.39 is 0 Å². The normalized spacial score (nSPS) is 10.6. The van der Waals surface area contributed by atoms with Crippen LogP contribution in [0.4, 0.5) is 0 Å². The third-order valence-corrected chi connectivity index (χ3v) is 2.98. The van der Waals surface area contributed by atoms with E-state index in [1.807, 2.05) is 0 Å². The summed E-state index contributed by atoms with van der Waals surface area (Å²) in [6.07, 6.45) is 0.664. The van der Waals surface area contributed by atoms with Gasteiger partial charge in [0.05, 0.1) is 46.2 Å². The van der Waals surface area contributed by atoms with Crippen LogP contribution >= 0.6 is 12.6 Å². The van der Waals surface area contributed by atoms with Crippen LogP contribution in [0.5, 0.6) is 0 Å². The molecule has 0 unspecified atom stereocenters. The number of hydrogen-bond donors (Lipinski definition) is 3. The van der Waals surface area contributed by atoms with Crippen LogP contribution in [0.2, 0.25) is 0 Å². The van der Waals surface area contributed by atoms with Crippen molar-refractivity contribution < 1.29 is 28.5 Å². The summed E-state index contributed by atoms with van der Waals surface area (Å²) in [5.41, 5.74) is 0. The SMILES string of the molecule is COCCOCCOCCOCCC(=O)NCCNC(=O)CCS. The molecule has 0 rings (SSSR count). The monoisotopic (exact) mass is 366 g/mol. The predicted molar refractivity (Wildman–Crippen MR) is 93.4 cm³/mol. The maximum absolute atomic E-state index is 11.5. The summed E-state index contributed by atoms with van der Waals surface area (Å²) < 4.78 is 20.7. The first-order chi connectivity index (χ1) is 11.7. The molecule has 0 heterocycles. The third-order valence-electron chi connectivity index (χ3n) is 2.76. The second kappa shape index (κ2) is 18.5. The molecule has 142 valence electrons. The molecule has 24 heavy (non-hydrogen) atoms. The van der Waals surface area contributed by atoms with Crippen molar-refractivity contribution in [1.82, 2.24) is 10.6 Å². The summed E-state index contributed by atoms with van der Waals surface area (Å²) in [6.45, 7) is 4.23. The molecular weight excluding hydrogens is 336 g/mol. The minimum absolute atomic E-state index is 0.0633. The molecule has 0 radical (unpaired) electrons. The van der Waals surface area contributed by atoms with E-state index in [9.17, 15) is 9.59 Å². The van der Waals surface area contributed by atoms with Gasteiger partial charge in [-0.25, -0.2) is 0 Å². The predicted octanol–water partition coefficient (Wildman–Crippen LogP) is -0.375. The molecule has 0 aromatic carbocycles. The maximum atomic E-state index is 11.5. The second-order valence-electron chi connectivity index (χ2n) is 4.75. The molecule has 8 nitrogen and oxygen atoms in total. The van der Waals surface area contributed by atoms with Crippen molar-refractivity contribution in [1.29, 1.82) is 0 Å². The Hall–Kier alpha value is -0.870. The van der Waals surface area contributed by atoms with Crippen LogP contribution in [0.3, 0.4) is 0 Å². The van der Waals surface area contributed by atoms with Crippen molar-refractivity contribution in [2.75, 3.05) is 72.2 Å². The number of ether oxygens (including phenoxy) is 4. The number of nitrogens with one attached hydrogen (secondary N) is 2. The topological polar surface area (TPSA) is 95.1 Å². The Morgan fingerprint density at radius 1 is 0.750 bits per heavy atom. The Morgan fingerprint density at radius 2 is 1.21 bits per heavy atom. The Labute approximate surface area is 149 Å². The first-order valence-corrected chi connectivity index (χ1v) is 8.70. The van der Waals surface area contributed by atoms with Crippen LogP contribution in [-0.4, -0.2) is 84.0 Å². The van der Waals surface area contributed by atoms with Crippen LogP contribution < -0.4 is 10.6 Å². The standard InChI is InChI=1S/C15H30N2O6S/c1-20-7-8-22-11-12-23-10-9-21-6-2-14(18)16-4-5-17-15(19)3-13-24/h24H,2-13H2,1H3,(H,16,18)(H,17,19). The lowest BCUT2D eigenvalue weighted by Gasteiger charge is -2.08. The van der Waals surface area contributed by atoms with Crippen LogP contribution in [0.25, 0.3) is 0 Å². The van der Waals surface area contributed by atoms with E-state index >= 15 is 0 Å². The quantitative estimate of drug-likeness (QED) is 0.240. The number of amides is 2. The summed E-state index contributed by atoms with van der Waals surface area (Å²) in [5.74, 6) is 0.345. The van der Waals surface area contributed by atoms with Crippen molar-refractivity contribution in [3.05, 3.63) is 0 Å². The Balaban J connectivity index is 3.22. The molecule has 0 atom stereocenters. The fraction of sp³-hybridized carbons (Fsp3) is 0.867. The zero-order chi connectivity index (χ0) is 17.9. The largest absolute Gasteiger partial charge is 0.382 e. The van der Waals surface area contributed by atoms with Crippen molar-refractivity contribution in [2.45, 2.75) is 12.8 Å². The zero-order valence-electron chi connectivity index (χ0n) is 14.4. The minimum atomic E-state index is -0.106. The molecule has 0 aliphatic rings. The van der Waals surface area contributed by atoms with Gasteiger partial charge in [0.2, 0.25) is 11.8 Å². The van der Waals surface area contributed by atoms with Gasteiger partial charge in [-0.1, -0.05) is 0 Å². The lowest BCUT2D eigenvalue weighted by molar-refractivity contribution is -0.123. The van der Waals surface area contributed by atoms with Gasteiger partial charge in [0.1, 0.15) is 0 Å². The first-order valence-electron chi connectivity index (χ1n) is 8.07. The number of carbonyl (C=O) groups is 2. The van der Waals surface area contributed by atoms with E-state index in [-0.39, 0.29) is 18.2 Å². The Bertz CT molecular complexity index is 320. The summed E-state index contributed by atoms with van der Waals surface area (Å²) in [7, 11) is 1.63. The lowest BCUT2D eigenvalue weighted by atomic mass is 10.4. The lowest BCUT2D eigenvalue weighted by Crippen LogP contribution is -2.35. The molecule has 0 fully saturated rings. The van der Waals surface area contributed by atoms with E-state index in [0.717, 1.165) is 0 Å². The summed E-state index contributed by atoms with van der Waals surface area (Å²) in [6, 6.07) is 0. The molecular formula is C15H30N2O6S. The third kappa shape index (κ3) is 17.5. The first kappa shape index (κ1) is 23.1. The molecule has 9 heteroatoms. The van der Waals surface area contributed by atoms with Crippen molar-refractivity contribution in [3.8, 4) is 0 Å². The second-order valence-corrected chi connectivity index (χ2v) is 5.20. The van der Waals surface area contributed by atoms with Gasteiger partial charge in [-0.05, 0) is 5.75 Å². The Kier molecular flexibility index (Phi) is 17.8. The average Bonchev–Trinajstić information content (AvgIpc) is 2.57. The molecule has 0 saturated carbocycles. The molecule has 0 aliphatic carbocycles. The zero-order valence-corrected chi connectivity index (χ0v) is 15.3. The summed E-state index contributed by atoms with van der Waals surface area (Å²) >= 11 is 3.96. The van der Waals surface area contributed by atoms with Gasteiger partial charge in [-0.3, -0.25) is 9.59 Å². The number of methoxy groups -OCH3 is 1. The highest BCUT2D eigenvalue weighted by atomic mass is 32.1. The summed E-state index contributed by atoms with van der Waals surface area (Å²) in [5, 5.41) is 5.39. The van der Waals surface area contributed by atoms with E-state index in [2.05, 4.69) is 23.3 Å². The highest BCUT2D eigenvalue weighted by molar-refractivity contribution is 7.80. The van der Waals surface area contributed by atoms with E-state index in [4.69, 9.17) is 18.9 Å². The molecule has 0 aromatic heterocycles. The van der Waals surface area contributed by atoms with Gasteiger partial charge < -0.3 is 29.6 Å². The van der Waals surface area contributed by atoms with Gasteiger partial charge in [0, 0.05) is 33.0 Å². The fourth-order valence-corrected chi connectivity index (χ4v) is 1.73. The Morgan fingerprint density at radius 3 is 1.71 bits per heavy atom. The fourth-order valence-electron chi connectivity index (χ4n) is 1.53. The van der Waals surface area contributed by atoms with E-state index in [1.54, 1.807) is 7.11 Å². The molecule has 0 aromatic rings. The van der Waals surface area contributed by atoms with Crippen LogP contribution in [0, 0.1) is 0 Å². The maximum Gasteiger partial charge on any atom is 0.222 e. The number of carbonyl (C=O) groups excluding carboxylic acids is 2. The van der Waals surface area contributed by atoms with Crippen LogP contribution in [0.1, 0.15) is 12.8 Å². The number of hydrogen-bond acceptors (Lipinski definition) is 7. The summed E-state index contributed by atoms with van der Waals surface area (Å²) in [4.78, 5) is 22.7.